The van der Waals surface area contributed by atoms with Crippen molar-refractivity contribution in [1.29, 1.82) is 0 Å². The average Bonchev–Trinajstić information content (AvgIpc) is 2.99. The van der Waals surface area contributed by atoms with Gasteiger partial charge in [-0.2, -0.15) is 0 Å². The lowest BCUT2D eigenvalue weighted by molar-refractivity contribution is 0.141. The summed E-state index contributed by atoms with van der Waals surface area (Å²) in [5.74, 6) is 1.76. The van der Waals surface area contributed by atoms with E-state index in [4.69, 9.17) is 16.6 Å². The van der Waals surface area contributed by atoms with Crippen LogP contribution in [0.1, 0.15) is 58.6 Å². The Morgan fingerprint density at radius 1 is 1.33 bits per heavy atom. The number of furan rings is 1. The highest BCUT2D eigenvalue weighted by atomic mass is 32.1. The summed E-state index contributed by atoms with van der Waals surface area (Å²) >= 11 is 5.37. The van der Waals surface area contributed by atoms with Gasteiger partial charge >= 0.3 is 0 Å². The predicted octanol–water partition coefficient (Wildman–Crippen LogP) is 4.24. The highest BCUT2D eigenvalue weighted by Gasteiger charge is 2.31. The number of hydrogen-bond donors (Lipinski definition) is 2. The molecule has 1 saturated carbocycles. The van der Waals surface area contributed by atoms with Crippen molar-refractivity contribution in [3.05, 3.63) is 24.2 Å². The van der Waals surface area contributed by atoms with Gasteiger partial charge in [0.1, 0.15) is 5.76 Å². The summed E-state index contributed by atoms with van der Waals surface area (Å²) in [4.78, 5) is 0. The summed E-state index contributed by atoms with van der Waals surface area (Å²) in [6, 6.07) is 4.36. The van der Waals surface area contributed by atoms with Crippen molar-refractivity contribution in [2.24, 2.45) is 11.3 Å². The molecule has 0 aliphatic heterocycles. The molecule has 1 aromatic heterocycles. The fourth-order valence-electron chi connectivity index (χ4n) is 3.12. The van der Waals surface area contributed by atoms with E-state index in [1.807, 2.05) is 12.1 Å². The van der Waals surface area contributed by atoms with Crippen molar-refractivity contribution < 1.29 is 4.42 Å². The summed E-state index contributed by atoms with van der Waals surface area (Å²) in [6.07, 6.45) is 8.00. The van der Waals surface area contributed by atoms with Crippen molar-refractivity contribution in [3.8, 4) is 0 Å². The van der Waals surface area contributed by atoms with Crippen molar-refractivity contribution in [1.82, 2.24) is 10.6 Å². The third-order valence-electron chi connectivity index (χ3n) is 5.08. The van der Waals surface area contributed by atoms with E-state index in [-0.39, 0.29) is 0 Å². The molecule has 3 nitrogen and oxygen atoms in total. The molecule has 1 aliphatic carbocycles. The molecule has 4 heteroatoms. The van der Waals surface area contributed by atoms with Crippen molar-refractivity contribution in [2.75, 3.05) is 0 Å². The normalized spacial score (nSPS) is 22.8. The van der Waals surface area contributed by atoms with E-state index in [9.17, 15) is 0 Å². The Hall–Kier alpha value is -1.03. The van der Waals surface area contributed by atoms with Crippen LogP contribution in [0.15, 0.2) is 22.8 Å². The van der Waals surface area contributed by atoms with Crippen molar-refractivity contribution in [3.63, 3.8) is 0 Å². The summed E-state index contributed by atoms with van der Waals surface area (Å²) < 4.78 is 5.29. The lowest BCUT2D eigenvalue weighted by Crippen LogP contribution is -2.44. The lowest BCUT2D eigenvalue weighted by Gasteiger charge is -2.39. The smallest absolute Gasteiger partial charge is 0.166 e. The summed E-state index contributed by atoms with van der Waals surface area (Å²) in [5, 5.41) is 7.40. The molecule has 1 aromatic rings. The number of rotatable bonds is 5. The quantitative estimate of drug-likeness (QED) is 0.798. The number of hydrogen-bond acceptors (Lipinski definition) is 2. The second-order valence-corrected chi connectivity index (χ2v) is 7.21. The van der Waals surface area contributed by atoms with Crippen LogP contribution in [-0.2, 0) is 6.54 Å². The zero-order valence-electron chi connectivity index (χ0n) is 13.4. The van der Waals surface area contributed by atoms with Gasteiger partial charge < -0.3 is 15.1 Å². The monoisotopic (exact) mass is 308 g/mol. The number of nitrogens with one attached hydrogen (secondary N) is 2. The molecule has 0 unspecified atom stereocenters. The Balaban J connectivity index is 1.69. The highest BCUT2D eigenvalue weighted by molar-refractivity contribution is 7.80. The maximum atomic E-state index is 5.37. The van der Waals surface area contributed by atoms with Crippen molar-refractivity contribution >= 4 is 17.3 Å². The molecule has 0 amide bonds. The molecule has 1 aliphatic rings. The Morgan fingerprint density at radius 2 is 2.05 bits per heavy atom. The predicted molar refractivity (Wildman–Crippen MR) is 91.1 cm³/mol. The molecule has 0 bridgehead atoms. The van der Waals surface area contributed by atoms with E-state index in [1.54, 1.807) is 6.26 Å². The van der Waals surface area contributed by atoms with Crippen LogP contribution in [-0.4, -0.2) is 11.2 Å². The lowest BCUT2D eigenvalue weighted by atomic mass is 9.69. The summed E-state index contributed by atoms with van der Waals surface area (Å²) in [6.45, 7) is 7.76. The van der Waals surface area contributed by atoms with Gasteiger partial charge in [-0.3, -0.25) is 0 Å². The maximum Gasteiger partial charge on any atom is 0.166 e. The van der Waals surface area contributed by atoms with Crippen LogP contribution in [0, 0.1) is 11.3 Å². The minimum absolute atomic E-state index is 0.475. The summed E-state index contributed by atoms with van der Waals surface area (Å²) in [5.41, 5.74) is 0.475. The van der Waals surface area contributed by atoms with Crippen LogP contribution in [0.25, 0.3) is 0 Å². The Morgan fingerprint density at radius 3 is 2.62 bits per heavy atom. The molecular weight excluding hydrogens is 280 g/mol. The fourth-order valence-corrected chi connectivity index (χ4v) is 3.36. The first-order valence-corrected chi connectivity index (χ1v) is 8.49. The van der Waals surface area contributed by atoms with Gasteiger partial charge in [-0.15, -0.1) is 0 Å². The average molecular weight is 308 g/mol. The standard InChI is InChI=1S/C17H28N2OS/c1-4-17(2,3)13-7-9-14(10-8-13)19-16(21)18-12-15-6-5-11-20-15/h5-6,11,13-14H,4,7-10,12H2,1-3H3,(H2,18,19,21). The van der Waals surface area contributed by atoms with E-state index in [0.717, 1.165) is 16.8 Å². The van der Waals surface area contributed by atoms with Crippen LogP contribution in [0.5, 0.6) is 0 Å². The van der Waals surface area contributed by atoms with E-state index < -0.39 is 0 Å². The van der Waals surface area contributed by atoms with Gasteiger partial charge in [0.2, 0.25) is 0 Å². The zero-order chi connectivity index (χ0) is 15.3. The molecule has 1 fully saturated rings. The molecule has 0 atom stereocenters. The zero-order valence-corrected chi connectivity index (χ0v) is 14.3. The first-order valence-electron chi connectivity index (χ1n) is 8.08. The topological polar surface area (TPSA) is 37.2 Å². The molecule has 0 spiro atoms. The van der Waals surface area contributed by atoms with Gasteiger partial charge in [0, 0.05) is 6.04 Å². The number of thiocarbonyl (C=S) groups is 1. The molecule has 2 rings (SSSR count). The third kappa shape index (κ3) is 4.73. The summed E-state index contributed by atoms with van der Waals surface area (Å²) in [7, 11) is 0. The van der Waals surface area contributed by atoms with Gasteiger partial charge in [0.25, 0.3) is 0 Å². The largest absolute Gasteiger partial charge is 0.467 e. The molecule has 0 aromatic carbocycles. The molecule has 0 radical (unpaired) electrons. The highest BCUT2D eigenvalue weighted by Crippen LogP contribution is 2.40. The Labute approximate surface area is 133 Å². The Bertz CT molecular complexity index is 434. The minimum Gasteiger partial charge on any atom is -0.467 e. The van der Waals surface area contributed by atoms with Crippen LogP contribution in [0.3, 0.4) is 0 Å². The van der Waals surface area contributed by atoms with E-state index >= 15 is 0 Å². The van der Waals surface area contributed by atoms with Crippen molar-refractivity contribution in [2.45, 2.75) is 65.5 Å². The second kappa shape index (κ2) is 7.30. The molecular formula is C17H28N2OS. The second-order valence-electron chi connectivity index (χ2n) is 6.80. The molecule has 118 valence electrons. The van der Waals surface area contributed by atoms with Gasteiger partial charge in [-0.05, 0) is 61.4 Å². The molecule has 1 heterocycles. The van der Waals surface area contributed by atoms with E-state index in [0.29, 0.717) is 18.0 Å². The minimum atomic E-state index is 0.475. The van der Waals surface area contributed by atoms with Crippen LogP contribution in [0.2, 0.25) is 0 Å². The van der Waals surface area contributed by atoms with Gasteiger partial charge in [0.05, 0.1) is 12.8 Å². The third-order valence-corrected chi connectivity index (χ3v) is 5.34. The van der Waals surface area contributed by atoms with Gasteiger partial charge in [-0.25, -0.2) is 0 Å². The van der Waals surface area contributed by atoms with Gasteiger partial charge in [0.15, 0.2) is 5.11 Å². The van der Waals surface area contributed by atoms with Crippen LogP contribution < -0.4 is 10.6 Å². The fraction of sp³-hybridized carbons (Fsp3) is 0.706. The Kier molecular flexibility index (Phi) is 5.68. The van der Waals surface area contributed by atoms with Crippen LogP contribution in [0.4, 0.5) is 0 Å². The van der Waals surface area contributed by atoms with E-state index in [1.165, 1.54) is 32.1 Å². The first kappa shape index (κ1) is 16.3. The first-order chi connectivity index (χ1) is 10.0. The maximum absolute atomic E-state index is 5.37. The van der Waals surface area contributed by atoms with Crippen LogP contribution >= 0.6 is 12.2 Å². The SMILES string of the molecule is CCC(C)(C)C1CCC(NC(=S)NCc2ccco2)CC1. The molecule has 2 N–H and O–H groups in total. The van der Waals surface area contributed by atoms with E-state index in [2.05, 4.69) is 31.4 Å². The molecule has 0 saturated heterocycles. The van der Waals surface area contributed by atoms with Gasteiger partial charge in [-0.1, -0.05) is 27.2 Å². The molecule has 21 heavy (non-hydrogen) atoms.